The molecular weight excluding hydrogens is 447 g/mol. The summed E-state index contributed by atoms with van der Waals surface area (Å²) in [6.07, 6.45) is -2.44. The van der Waals surface area contributed by atoms with E-state index in [4.69, 9.17) is 4.74 Å². The summed E-state index contributed by atoms with van der Waals surface area (Å²) in [4.78, 5) is 19.8. The highest BCUT2D eigenvalue weighted by molar-refractivity contribution is 5.95. The second-order valence-corrected chi connectivity index (χ2v) is 8.20. The van der Waals surface area contributed by atoms with Crippen LogP contribution in [0.15, 0.2) is 60.8 Å². The van der Waals surface area contributed by atoms with Gasteiger partial charge in [0.1, 0.15) is 6.10 Å². The van der Waals surface area contributed by atoms with E-state index < -0.39 is 11.9 Å². The fraction of sp³-hybridized carbons (Fsp3) is 0.250. The first-order valence-corrected chi connectivity index (χ1v) is 10.7. The maximum atomic E-state index is 12.8. The predicted octanol–water partition coefficient (Wildman–Crippen LogP) is 4.88. The van der Waals surface area contributed by atoms with Crippen molar-refractivity contribution < 1.29 is 22.7 Å². The number of anilines is 1. The van der Waals surface area contributed by atoms with Crippen molar-refractivity contribution in [2.45, 2.75) is 37.5 Å². The van der Waals surface area contributed by atoms with Crippen LogP contribution in [-0.4, -0.2) is 32.2 Å². The molecule has 2 N–H and O–H groups in total. The van der Waals surface area contributed by atoms with Gasteiger partial charge in [0.05, 0.1) is 6.42 Å². The normalized spacial score (nSPS) is 17.9. The van der Waals surface area contributed by atoms with E-state index in [0.717, 1.165) is 34.3 Å². The van der Waals surface area contributed by atoms with Gasteiger partial charge in [-0.1, -0.05) is 42.5 Å². The molecule has 0 unspecified atom stereocenters. The van der Waals surface area contributed by atoms with Crippen LogP contribution in [0.25, 0.3) is 10.8 Å². The summed E-state index contributed by atoms with van der Waals surface area (Å²) in [5, 5.41) is 12.0. The lowest BCUT2D eigenvalue weighted by molar-refractivity contribution is -0.141. The maximum absolute atomic E-state index is 12.8. The average Bonchev–Trinajstić information content (AvgIpc) is 3.23. The Balaban J connectivity index is 1.15. The molecule has 1 aliphatic carbocycles. The molecule has 0 saturated heterocycles. The Hall–Kier alpha value is -3.95. The van der Waals surface area contributed by atoms with Crippen molar-refractivity contribution in [2.24, 2.45) is 0 Å². The summed E-state index contributed by atoms with van der Waals surface area (Å²) in [6.45, 7) is 0. The topological polar surface area (TPSA) is 92.8 Å². The highest BCUT2D eigenvalue weighted by Crippen LogP contribution is 2.38. The van der Waals surface area contributed by atoms with E-state index in [1.165, 1.54) is 0 Å². The van der Waals surface area contributed by atoms with E-state index in [-0.39, 0.29) is 30.4 Å². The SMILES string of the molecule is O=C(Cc1cccc2ccccc12)Nc1cc([C@H]2C[C@@H](Oc3nccc(C(F)(F)F)n3)C2)[nH]n1. The minimum atomic E-state index is -4.55. The Kier molecular flexibility index (Phi) is 5.64. The standard InChI is InChI=1S/C24H20F3N5O2/c25-24(26,27)20-8-9-28-23(29-20)34-17-10-16(11-17)19-13-21(32-31-19)30-22(33)12-15-6-3-5-14-4-1-2-7-18(14)15/h1-9,13,16-17H,10-12H2,(H2,30,31,32,33)/t16-,17+. The molecule has 2 heterocycles. The van der Waals surface area contributed by atoms with E-state index in [1.807, 2.05) is 42.5 Å². The van der Waals surface area contributed by atoms with Gasteiger partial charge in [0, 0.05) is 23.9 Å². The van der Waals surface area contributed by atoms with Crippen molar-refractivity contribution in [3.8, 4) is 6.01 Å². The number of carbonyl (C=O) groups excluding carboxylic acids is 1. The number of ether oxygens (including phenoxy) is 1. The van der Waals surface area contributed by atoms with Crippen molar-refractivity contribution >= 4 is 22.5 Å². The molecule has 10 heteroatoms. The summed E-state index contributed by atoms with van der Waals surface area (Å²) >= 11 is 0. The Labute approximate surface area is 192 Å². The zero-order valence-corrected chi connectivity index (χ0v) is 17.8. The summed E-state index contributed by atoms with van der Waals surface area (Å²) in [7, 11) is 0. The number of nitrogens with one attached hydrogen (secondary N) is 2. The summed E-state index contributed by atoms with van der Waals surface area (Å²) in [5.41, 5.74) is 0.721. The molecule has 0 aliphatic heterocycles. The molecule has 1 aliphatic rings. The van der Waals surface area contributed by atoms with Gasteiger partial charge in [-0.05, 0) is 35.2 Å². The quantitative estimate of drug-likeness (QED) is 0.422. The van der Waals surface area contributed by atoms with Crippen LogP contribution in [0.3, 0.4) is 0 Å². The predicted molar refractivity (Wildman–Crippen MR) is 118 cm³/mol. The number of benzene rings is 2. The first-order chi connectivity index (χ1) is 16.3. The van der Waals surface area contributed by atoms with E-state index >= 15 is 0 Å². The van der Waals surface area contributed by atoms with Gasteiger partial charge in [-0.15, -0.1) is 0 Å². The third kappa shape index (κ3) is 4.70. The number of carbonyl (C=O) groups is 1. The van der Waals surface area contributed by atoms with Gasteiger partial charge in [-0.2, -0.15) is 23.3 Å². The molecule has 1 amide bonds. The average molecular weight is 467 g/mol. The van der Waals surface area contributed by atoms with Gasteiger partial charge in [-0.3, -0.25) is 9.89 Å². The fourth-order valence-corrected chi connectivity index (χ4v) is 4.04. The van der Waals surface area contributed by atoms with E-state index in [0.29, 0.717) is 18.7 Å². The number of H-pyrrole nitrogens is 1. The summed E-state index contributed by atoms with van der Waals surface area (Å²) in [6, 6.07) is 16.0. The zero-order chi connectivity index (χ0) is 23.7. The summed E-state index contributed by atoms with van der Waals surface area (Å²) < 4.78 is 43.8. The number of nitrogens with zero attached hydrogens (tertiary/aromatic N) is 3. The number of halogens is 3. The fourth-order valence-electron chi connectivity index (χ4n) is 4.04. The minimum absolute atomic E-state index is 0.0898. The Morgan fingerprint density at radius 2 is 1.91 bits per heavy atom. The number of fused-ring (bicyclic) bond motifs is 1. The lowest BCUT2D eigenvalue weighted by Gasteiger charge is -2.33. The van der Waals surface area contributed by atoms with Crippen molar-refractivity contribution in [3.63, 3.8) is 0 Å². The van der Waals surface area contributed by atoms with Crippen molar-refractivity contribution in [3.05, 3.63) is 77.7 Å². The molecule has 1 saturated carbocycles. The van der Waals surface area contributed by atoms with Gasteiger partial charge < -0.3 is 10.1 Å². The Morgan fingerprint density at radius 3 is 2.74 bits per heavy atom. The van der Waals surface area contributed by atoms with Crippen LogP contribution in [0.2, 0.25) is 0 Å². The van der Waals surface area contributed by atoms with Gasteiger partial charge in [-0.25, -0.2) is 4.98 Å². The Bertz CT molecular complexity index is 1330. The Morgan fingerprint density at radius 1 is 1.12 bits per heavy atom. The van der Waals surface area contributed by atoms with Gasteiger partial charge in [0.15, 0.2) is 11.5 Å². The number of hydrogen-bond donors (Lipinski definition) is 2. The second-order valence-electron chi connectivity index (χ2n) is 8.20. The van der Waals surface area contributed by atoms with Crippen LogP contribution in [0.4, 0.5) is 19.0 Å². The van der Waals surface area contributed by atoms with Crippen LogP contribution in [0.5, 0.6) is 6.01 Å². The lowest BCUT2D eigenvalue weighted by atomic mass is 9.80. The molecule has 0 radical (unpaired) electrons. The van der Waals surface area contributed by atoms with Crippen molar-refractivity contribution in [2.75, 3.05) is 5.32 Å². The van der Waals surface area contributed by atoms with Crippen LogP contribution < -0.4 is 10.1 Å². The third-order valence-corrected chi connectivity index (χ3v) is 5.83. The highest BCUT2D eigenvalue weighted by atomic mass is 19.4. The van der Waals surface area contributed by atoms with Gasteiger partial charge in [0.25, 0.3) is 0 Å². The molecule has 5 rings (SSSR count). The molecule has 2 aromatic carbocycles. The van der Waals surface area contributed by atoms with E-state index in [1.54, 1.807) is 6.07 Å². The molecule has 174 valence electrons. The van der Waals surface area contributed by atoms with Crippen LogP contribution in [-0.2, 0) is 17.4 Å². The first-order valence-electron chi connectivity index (χ1n) is 10.7. The zero-order valence-electron chi connectivity index (χ0n) is 17.8. The van der Waals surface area contributed by atoms with Gasteiger partial charge in [0.2, 0.25) is 5.91 Å². The second kappa shape index (κ2) is 8.77. The number of rotatable bonds is 6. The van der Waals surface area contributed by atoms with E-state index in [2.05, 4.69) is 25.5 Å². The van der Waals surface area contributed by atoms with Crippen molar-refractivity contribution in [1.29, 1.82) is 0 Å². The summed E-state index contributed by atoms with van der Waals surface area (Å²) in [5.74, 6) is 0.337. The first kappa shape index (κ1) is 21.9. The van der Waals surface area contributed by atoms with Gasteiger partial charge >= 0.3 is 12.2 Å². The smallest absolute Gasteiger partial charge is 0.433 e. The largest absolute Gasteiger partial charge is 0.460 e. The number of amides is 1. The van der Waals surface area contributed by atoms with Crippen LogP contribution >= 0.6 is 0 Å². The van der Waals surface area contributed by atoms with Crippen LogP contribution in [0, 0.1) is 0 Å². The molecule has 0 bridgehead atoms. The number of aromatic amines is 1. The third-order valence-electron chi connectivity index (χ3n) is 5.83. The maximum Gasteiger partial charge on any atom is 0.433 e. The molecule has 4 aromatic rings. The monoisotopic (exact) mass is 467 g/mol. The number of hydrogen-bond acceptors (Lipinski definition) is 5. The molecular formula is C24H20F3N5O2. The molecule has 2 aromatic heterocycles. The molecule has 1 fully saturated rings. The van der Waals surface area contributed by atoms with Crippen LogP contribution in [0.1, 0.15) is 35.7 Å². The molecule has 7 nitrogen and oxygen atoms in total. The molecule has 34 heavy (non-hydrogen) atoms. The lowest BCUT2D eigenvalue weighted by Crippen LogP contribution is -2.33. The number of alkyl halides is 3. The van der Waals surface area contributed by atoms with E-state index in [9.17, 15) is 18.0 Å². The highest BCUT2D eigenvalue weighted by Gasteiger charge is 2.36. The molecule has 0 spiro atoms. The minimum Gasteiger partial charge on any atom is -0.460 e. The van der Waals surface area contributed by atoms with Crippen molar-refractivity contribution in [1.82, 2.24) is 20.2 Å². The molecule has 0 atom stereocenters. The number of aromatic nitrogens is 4.